The summed E-state index contributed by atoms with van der Waals surface area (Å²) in [6.45, 7) is 6.66. The van der Waals surface area contributed by atoms with E-state index in [9.17, 15) is 8.42 Å². The largest absolute Gasteiger partial charge is 0.489 e. The zero-order valence-corrected chi connectivity index (χ0v) is 16.2. The number of sulfonamides is 1. The van der Waals surface area contributed by atoms with Gasteiger partial charge in [-0.05, 0) is 43.9 Å². The lowest BCUT2D eigenvalue weighted by molar-refractivity contribution is 0.199. The number of halogens is 1. The third-order valence-electron chi connectivity index (χ3n) is 4.27. The summed E-state index contributed by atoms with van der Waals surface area (Å²) in [7, 11) is -3.12. The molecule has 0 bridgehead atoms. The van der Waals surface area contributed by atoms with Crippen molar-refractivity contribution < 1.29 is 13.2 Å². The molecule has 1 aliphatic heterocycles. The van der Waals surface area contributed by atoms with Crippen molar-refractivity contribution in [2.75, 3.05) is 19.3 Å². The highest BCUT2D eigenvalue weighted by Crippen LogP contribution is 2.27. The van der Waals surface area contributed by atoms with Crippen molar-refractivity contribution in [2.24, 2.45) is 0 Å². The molecule has 24 heavy (non-hydrogen) atoms. The van der Waals surface area contributed by atoms with Gasteiger partial charge in [0.1, 0.15) is 5.75 Å². The number of hydrogen-bond acceptors (Lipinski definition) is 4. The van der Waals surface area contributed by atoms with E-state index < -0.39 is 10.0 Å². The van der Waals surface area contributed by atoms with Crippen LogP contribution < -0.4 is 9.46 Å². The van der Waals surface area contributed by atoms with Gasteiger partial charge in [-0.25, -0.2) is 13.1 Å². The quantitative estimate of drug-likeness (QED) is 0.796. The van der Waals surface area contributed by atoms with Gasteiger partial charge in [0.15, 0.2) is 0 Å². The molecule has 0 spiro atoms. The Bertz CT molecular complexity index is 643. The summed E-state index contributed by atoms with van der Waals surface area (Å²) in [6, 6.07) is 5.98. The number of piperidine rings is 1. The van der Waals surface area contributed by atoms with Crippen LogP contribution >= 0.6 is 11.6 Å². The van der Waals surface area contributed by atoms with Crippen molar-refractivity contribution in [3.05, 3.63) is 28.8 Å². The van der Waals surface area contributed by atoms with Gasteiger partial charge in [0.25, 0.3) is 0 Å². The van der Waals surface area contributed by atoms with Crippen molar-refractivity contribution in [3.8, 4) is 5.75 Å². The van der Waals surface area contributed by atoms with Crippen LogP contribution in [0.15, 0.2) is 18.2 Å². The second-order valence-corrected chi connectivity index (χ2v) is 8.73. The number of hydrogen-bond donors (Lipinski definition) is 1. The standard InChI is InChI=1S/C17H27ClN2O3S/c1-4-13(2)23-17-6-5-14(11-16(17)18)12-20-9-7-15(8-10-20)19-24(3,21)22/h5-6,11,13,15,19H,4,7-10,12H2,1-3H3. The number of nitrogens with one attached hydrogen (secondary N) is 1. The summed E-state index contributed by atoms with van der Waals surface area (Å²) in [5.41, 5.74) is 1.14. The van der Waals surface area contributed by atoms with Crippen molar-refractivity contribution in [1.82, 2.24) is 9.62 Å². The first-order valence-electron chi connectivity index (χ1n) is 8.41. The summed E-state index contributed by atoms with van der Waals surface area (Å²) in [4.78, 5) is 2.32. The molecule has 0 aromatic heterocycles. The third-order valence-corrected chi connectivity index (χ3v) is 5.33. The van der Waals surface area contributed by atoms with Crippen LogP contribution in [0.5, 0.6) is 5.75 Å². The first kappa shape index (κ1) is 19.5. The fraction of sp³-hybridized carbons (Fsp3) is 0.647. The van der Waals surface area contributed by atoms with Crippen molar-refractivity contribution in [2.45, 2.75) is 51.8 Å². The zero-order chi connectivity index (χ0) is 17.7. The van der Waals surface area contributed by atoms with Gasteiger partial charge in [-0.1, -0.05) is 24.6 Å². The van der Waals surface area contributed by atoms with Crippen LogP contribution in [0.25, 0.3) is 0 Å². The van der Waals surface area contributed by atoms with Crippen LogP contribution in [-0.4, -0.2) is 44.8 Å². The first-order chi connectivity index (χ1) is 11.3. The number of likely N-dealkylation sites (tertiary alicyclic amines) is 1. The molecule has 1 saturated heterocycles. The molecule has 1 aromatic carbocycles. The Balaban J connectivity index is 1.87. The highest BCUT2D eigenvalue weighted by Gasteiger charge is 2.21. The molecule has 1 fully saturated rings. The minimum absolute atomic E-state index is 0.0474. The van der Waals surface area contributed by atoms with Crippen LogP contribution in [0.1, 0.15) is 38.7 Å². The minimum Gasteiger partial charge on any atom is -0.489 e. The summed E-state index contributed by atoms with van der Waals surface area (Å²) in [5.74, 6) is 0.728. The van der Waals surface area contributed by atoms with E-state index in [4.69, 9.17) is 16.3 Å². The molecule has 1 atom stereocenters. The van der Waals surface area contributed by atoms with E-state index in [1.807, 2.05) is 25.1 Å². The number of ether oxygens (including phenoxy) is 1. The van der Waals surface area contributed by atoms with E-state index in [0.29, 0.717) is 5.02 Å². The van der Waals surface area contributed by atoms with E-state index >= 15 is 0 Å². The van der Waals surface area contributed by atoms with Gasteiger partial charge in [0, 0.05) is 25.7 Å². The average Bonchev–Trinajstić information content (AvgIpc) is 2.50. The van der Waals surface area contributed by atoms with Crippen molar-refractivity contribution in [1.29, 1.82) is 0 Å². The average molecular weight is 375 g/mol. The van der Waals surface area contributed by atoms with Crippen molar-refractivity contribution in [3.63, 3.8) is 0 Å². The molecule has 1 heterocycles. The second-order valence-electron chi connectivity index (χ2n) is 6.54. The van der Waals surface area contributed by atoms with E-state index in [1.54, 1.807) is 0 Å². The van der Waals surface area contributed by atoms with Crippen LogP contribution in [-0.2, 0) is 16.6 Å². The van der Waals surface area contributed by atoms with Gasteiger partial charge < -0.3 is 4.74 Å². The summed E-state index contributed by atoms with van der Waals surface area (Å²) < 4.78 is 31.1. The second kappa shape index (κ2) is 8.52. The predicted octanol–water partition coefficient (Wildman–Crippen LogP) is 3.03. The molecule has 2 rings (SSSR count). The predicted molar refractivity (Wildman–Crippen MR) is 98.1 cm³/mol. The molecular weight excluding hydrogens is 348 g/mol. The fourth-order valence-electron chi connectivity index (χ4n) is 2.81. The number of rotatable bonds is 7. The fourth-order valence-corrected chi connectivity index (χ4v) is 3.90. The Hall–Kier alpha value is -0.820. The van der Waals surface area contributed by atoms with Crippen LogP contribution in [0.3, 0.4) is 0 Å². The number of benzene rings is 1. The Morgan fingerprint density at radius 2 is 2.04 bits per heavy atom. The maximum absolute atomic E-state index is 11.3. The molecule has 5 nitrogen and oxygen atoms in total. The van der Waals surface area contributed by atoms with Crippen molar-refractivity contribution >= 4 is 21.6 Å². The van der Waals surface area contributed by atoms with Gasteiger partial charge in [-0.3, -0.25) is 4.90 Å². The van der Waals surface area contributed by atoms with E-state index in [2.05, 4.69) is 16.5 Å². The number of nitrogens with zero attached hydrogens (tertiary/aromatic N) is 1. The SMILES string of the molecule is CCC(C)Oc1ccc(CN2CCC(NS(C)(=O)=O)CC2)cc1Cl. The molecule has 1 aliphatic rings. The monoisotopic (exact) mass is 374 g/mol. The lowest BCUT2D eigenvalue weighted by Crippen LogP contribution is -2.43. The molecule has 136 valence electrons. The molecule has 0 aliphatic carbocycles. The Morgan fingerprint density at radius 3 is 2.58 bits per heavy atom. The van der Waals surface area contributed by atoms with Gasteiger partial charge in [0.2, 0.25) is 10.0 Å². The molecule has 1 unspecified atom stereocenters. The van der Waals surface area contributed by atoms with Gasteiger partial charge in [0.05, 0.1) is 17.4 Å². The Kier molecular flexibility index (Phi) is 6.92. The van der Waals surface area contributed by atoms with E-state index in [1.165, 1.54) is 6.26 Å². The lowest BCUT2D eigenvalue weighted by Gasteiger charge is -2.32. The van der Waals surface area contributed by atoms with Crippen LogP contribution in [0.4, 0.5) is 0 Å². The summed E-state index contributed by atoms with van der Waals surface area (Å²) >= 11 is 6.32. The maximum Gasteiger partial charge on any atom is 0.208 e. The Morgan fingerprint density at radius 1 is 1.38 bits per heavy atom. The van der Waals surface area contributed by atoms with Gasteiger partial charge >= 0.3 is 0 Å². The maximum atomic E-state index is 11.3. The van der Waals surface area contributed by atoms with Crippen LogP contribution in [0, 0.1) is 0 Å². The summed E-state index contributed by atoms with van der Waals surface area (Å²) in [6.07, 6.45) is 3.96. The lowest BCUT2D eigenvalue weighted by atomic mass is 10.1. The minimum atomic E-state index is -3.12. The topological polar surface area (TPSA) is 58.6 Å². The zero-order valence-electron chi connectivity index (χ0n) is 14.6. The summed E-state index contributed by atoms with van der Waals surface area (Å²) in [5, 5.41) is 0.640. The highest BCUT2D eigenvalue weighted by molar-refractivity contribution is 7.88. The molecule has 0 saturated carbocycles. The molecule has 0 amide bonds. The van der Waals surface area contributed by atoms with E-state index in [0.717, 1.165) is 50.2 Å². The first-order valence-corrected chi connectivity index (χ1v) is 10.7. The normalized spacial score (nSPS) is 18.5. The molecular formula is C17H27ClN2O3S. The highest BCUT2D eigenvalue weighted by atomic mass is 35.5. The molecule has 7 heteroatoms. The van der Waals surface area contributed by atoms with Gasteiger partial charge in [-0.15, -0.1) is 0 Å². The van der Waals surface area contributed by atoms with Gasteiger partial charge in [-0.2, -0.15) is 0 Å². The molecule has 1 aromatic rings. The van der Waals surface area contributed by atoms with Crippen LogP contribution in [0.2, 0.25) is 5.02 Å². The third kappa shape index (κ3) is 6.24. The molecule has 0 radical (unpaired) electrons. The smallest absolute Gasteiger partial charge is 0.208 e. The molecule has 1 N–H and O–H groups in total. The Labute approximate surface area is 150 Å². The van der Waals surface area contributed by atoms with E-state index in [-0.39, 0.29) is 12.1 Å².